The Bertz CT molecular complexity index is 4440. The number of hydrogen-bond donors (Lipinski definition) is 0. The third-order valence-electron chi connectivity index (χ3n) is 13.6. The van der Waals surface area contributed by atoms with Gasteiger partial charge in [0.25, 0.3) is 0 Å². The van der Waals surface area contributed by atoms with Crippen molar-refractivity contribution < 1.29 is 0 Å². The summed E-state index contributed by atoms with van der Waals surface area (Å²) in [5.74, 6) is 0.664. The van der Waals surface area contributed by atoms with E-state index < -0.39 is 0 Å². The van der Waals surface area contributed by atoms with Gasteiger partial charge < -0.3 is 4.57 Å². The molecule has 0 bridgehead atoms. The molecule has 0 aliphatic rings. The van der Waals surface area contributed by atoms with Gasteiger partial charge in [0.15, 0.2) is 0 Å². The Morgan fingerprint density at radius 2 is 0.857 bits per heavy atom. The van der Waals surface area contributed by atoms with Crippen molar-refractivity contribution in [2.45, 2.75) is 0 Å². The summed E-state index contributed by atoms with van der Waals surface area (Å²) < 4.78 is 7.29. The normalized spacial score (nSPS) is 12.4. The Hall–Kier alpha value is -8.12. The van der Waals surface area contributed by atoms with E-state index >= 15 is 0 Å². The first kappa shape index (κ1) is 33.6. The van der Waals surface area contributed by atoms with E-state index in [1.165, 1.54) is 95.8 Å². The summed E-state index contributed by atoms with van der Waals surface area (Å²) in [6, 6.07) is 71.0. The van der Waals surface area contributed by atoms with Crippen LogP contribution in [0.15, 0.2) is 194 Å². The summed E-state index contributed by atoms with van der Waals surface area (Å²) >= 11 is 1.84. The minimum absolute atomic E-state index is 0.664. The predicted molar refractivity (Wildman–Crippen MR) is 268 cm³/mol. The van der Waals surface area contributed by atoms with E-state index in [0.717, 1.165) is 38.9 Å². The molecular formula is C58H32N4S. The van der Waals surface area contributed by atoms with E-state index in [2.05, 4.69) is 203 Å². The highest BCUT2D eigenvalue weighted by atomic mass is 32.1. The lowest BCUT2D eigenvalue weighted by Gasteiger charge is -2.17. The van der Waals surface area contributed by atoms with Crippen LogP contribution >= 0.6 is 11.3 Å². The van der Waals surface area contributed by atoms with Crippen LogP contribution in [-0.4, -0.2) is 19.1 Å². The maximum absolute atomic E-state index is 5.64. The first-order valence-corrected chi connectivity index (χ1v) is 22.3. The fraction of sp³-hybridized carbons (Fsp3) is 0. The Kier molecular flexibility index (Phi) is 6.53. The van der Waals surface area contributed by atoms with Crippen molar-refractivity contribution in [2.75, 3.05) is 0 Å². The van der Waals surface area contributed by atoms with Crippen LogP contribution in [0.5, 0.6) is 0 Å². The molecule has 15 rings (SSSR count). The van der Waals surface area contributed by atoms with E-state index in [9.17, 15) is 0 Å². The Labute approximate surface area is 363 Å². The second kappa shape index (κ2) is 12.3. The molecule has 0 aliphatic heterocycles. The van der Waals surface area contributed by atoms with Gasteiger partial charge in [-0.05, 0) is 91.6 Å². The lowest BCUT2D eigenvalue weighted by molar-refractivity contribution is 1.01. The molecule has 0 radical (unpaired) electrons. The molecule has 5 heteroatoms. The topological polar surface area (TPSA) is 35.6 Å². The fourth-order valence-corrected chi connectivity index (χ4v) is 12.3. The molecule has 11 aromatic carbocycles. The monoisotopic (exact) mass is 816 g/mol. The van der Waals surface area contributed by atoms with Gasteiger partial charge in [0.2, 0.25) is 5.95 Å². The summed E-state index contributed by atoms with van der Waals surface area (Å²) in [4.78, 5) is 11.1. The average molecular weight is 817 g/mol. The summed E-state index contributed by atoms with van der Waals surface area (Å²) in [6.07, 6.45) is 0. The number of rotatable bonds is 3. The number of fused-ring (bicyclic) bond motifs is 14. The minimum Gasteiger partial charge on any atom is -0.309 e. The molecule has 0 atom stereocenters. The van der Waals surface area contributed by atoms with E-state index in [-0.39, 0.29) is 0 Å². The summed E-state index contributed by atoms with van der Waals surface area (Å²) in [6.45, 7) is 0. The fourth-order valence-electron chi connectivity index (χ4n) is 11.1. The van der Waals surface area contributed by atoms with Gasteiger partial charge in [-0.15, -0.1) is 11.3 Å². The van der Waals surface area contributed by atoms with Crippen LogP contribution in [0.2, 0.25) is 0 Å². The van der Waals surface area contributed by atoms with Crippen LogP contribution in [0, 0.1) is 0 Å². The zero-order chi connectivity index (χ0) is 40.9. The first-order chi connectivity index (χ1) is 31.3. The average Bonchev–Trinajstić information content (AvgIpc) is 4.01. The smallest absolute Gasteiger partial charge is 0.235 e. The number of thiophene rings is 1. The van der Waals surface area contributed by atoms with Gasteiger partial charge in [-0.1, -0.05) is 146 Å². The molecule has 4 nitrogen and oxygen atoms in total. The van der Waals surface area contributed by atoms with Crippen molar-refractivity contribution in [3.05, 3.63) is 194 Å². The molecule has 0 fully saturated rings. The van der Waals surface area contributed by atoms with Crippen molar-refractivity contribution in [1.82, 2.24) is 19.1 Å². The molecule has 0 unspecified atom stereocenters. The van der Waals surface area contributed by atoms with E-state index in [0.29, 0.717) is 5.95 Å². The van der Waals surface area contributed by atoms with Crippen molar-refractivity contribution in [1.29, 1.82) is 0 Å². The lowest BCUT2D eigenvalue weighted by Crippen LogP contribution is -2.03. The van der Waals surface area contributed by atoms with Gasteiger partial charge in [-0.2, -0.15) is 0 Å². The maximum atomic E-state index is 5.64. The number of nitrogens with zero attached hydrogens (tertiary/aromatic N) is 4. The second-order valence-electron chi connectivity index (χ2n) is 16.8. The quantitative estimate of drug-likeness (QED) is 0.132. The molecule has 0 spiro atoms. The van der Waals surface area contributed by atoms with Crippen LogP contribution in [0.3, 0.4) is 0 Å². The summed E-state index contributed by atoms with van der Waals surface area (Å²) in [5, 5.41) is 18.6. The second-order valence-corrected chi connectivity index (χ2v) is 17.9. The molecule has 0 amide bonds. The van der Waals surface area contributed by atoms with Crippen molar-refractivity contribution >= 4 is 129 Å². The Morgan fingerprint density at radius 3 is 1.57 bits per heavy atom. The molecule has 4 aromatic heterocycles. The van der Waals surface area contributed by atoms with Crippen LogP contribution in [0.4, 0.5) is 0 Å². The van der Waals surface area contributed by atoms with Crippen molar-refractivity contribution in [2.24, 2.45) is 0 Å². The first-order valence-electron chi connectivity index (χ1n) is 21.5. The molecule has 15 aromatic rings. The molecular weight excluding hydrogens is 785 g/mol. The van der Waals surface area contributed by atoms with Gasteiger partial charge in [0.1, 0.15) is 0 Å². The molecule has 0 N–H and O–H groups in total. The highest BCUT2D eigenvalue weighted by Crippen LogP contribution is 2.49. The highest BCUT2D eigenvalue weighted by molar-refractivity contribution is 7.26. The third kappa shape index (κ3) is 4.38. The zero-order valence-corrected chi connectivity index (χ0v) is 34.5. The van der Waals surface area contributed by atoms with Gasteiger partial charge in [0, 0.05) is 58.4 Å². The van der Waals surface area contributed by atoms with E-state index in [4.69, 9.17) is 9.97 Å². The maximum Gasteiger partial charge on any atom is 0.235 e. The van der Waals surface area contributed by atoms with Gasteiger partial charge in [-0.25, -0.2) is 9.97 Å². The number of benzene rings is 11. The number of hydrogen-bond acceptors (Lipinski definition) is 3. The van der Waals surface area contributed by atoms with Gasteiger partial charge in [0.05, 0.1) is 33.3 Å². The highest BCUT2D eigenvalue weighted by Gasteiger charge is 2.25. The van der Waals surface area contributed by atoms with Crippen LogP contribution < -0.4 is 0 Å². The van der Waals surface area contributed by atoms with Gasteiger partial charge >= 0.3 is 0 Å². The lowest BCUT2D eigenvalue weighted by atomic mass is 9.87. The van der Waals surface area contributed by atoms with Crippen molar-refractivity contribution in [3.8, 4) is 22.9 Å². The molecule has 290 valence electrons. The standard InChI is InChI=1S/C58H32N4S/c1-2-15-33(16-3-1)61-47-28-9-5-19-39(47)54-41-24-12-21-35-36-22-13-25-42-53(36)45(44(52(35)41)31-49(54)61)32-50-55(42)40-20-6-10-29-48(40)62(50)58-59-46-27-8-4-18-38(46)56(60-58)43-26-14-23-37-34-17-7-11-30-51(34)63-57(37)43/h1-32H. The molecule has 0 saturated heterocycles. The molecule has 4 heterocycles. The largest absolute Gasteiger partial charge is 0.309 e. The van der Waals surface area contributed by atoms with Crippen LogP contribution in [-0.2, 0) is 0 Å². The van der Waals surface area contributed by atoms with E-state index in [1.54, 1.807) is 0 Å². The zero-order valence-electron chi connectivity index (χ0n) is 33.7. The molecule has 63 heavy (non-hydrogen) atoms. The minimum atomic E-state index is 0.664. The van der Waals surface area contributed by atoms with Gasteiger partial charge in [-0.3, -0.25) is 4.57 Å². The summed E-state index contributed by atoms with van der Waals surface area (Å²) in [5.41, 5.74) is 8.72. The SMILES string of the molecule is c1ccc(-n2c3ccccc3c3c4cccc5c6cccc7c6c(cc6c7c7ccccc7n6-c6nc(-c7cccc8c7sc7ccccc78)c7ccccc7n6)c(cc32)c54)cc1. The van der Waals surface area contributed by atoms with Crippen LogP contribution in [0.1, 0.15) is 0 Å². The Morgan fingerprint density at radius 1 is 0.333 bits per heavy atom. The predicted octanol–water partition coefficient (Wildman–Crippen LogP) is 15.9. The number of aromatic nitrogens is 4. The van der Waals surface area contributed by atoms with Crippen molar-refractivity contribution in [3.63, 3.8) is 0 Å². The summed E-state index contributed by atoms with van der Waals surface area (Å²) in [7, 11) is 0. The molecule has 0 saturated carbocycles. The third-order valence-corrected chi connectivity index (χ3v) is 14.9. The Balaban J connectivity index is 1.11. The molecule has 0 aliphatic carbocycles. The number of para-hydroxylation sites is 4. The van der Waals surface area contributed by atoms with Crippen LogP contribution in [0.25, 0.3) is 141 Å². The van der Waals surface area contributed by atoms with E-state index in [1.807, 2.05) is 11.3 Å².